The summed E-state index contributed by atoms with van der Waals surface area (Å²) in [6.45, 7) is 5.47. The fourth-order valence-corrected chi connectivity index (χ4v) is 5.24. The SMILES string of the molecule is COc1ccc(NC(=O)Nc2cccc3c2O[C@@H](CN(C)Cc2ccc4c(c2)OCO4)[C@H](C)CN([C@@H](C)CO)C3=O)cc1. The number of aliphatic hydroxyl groups excluding tert-OH is 1. The Kier molecular flexibility index (Phi) is 9.22. The van der Waals surface area contributed by atoms with Gasteiger partial charge in [0.25, 0.3) is 5.91 Å². The number of amides is 3. The van der Waals surface area contributed by atoms with Crippen LogP contribution in [-0.4, -0.2) is 79.6 Å². The first kappa shape index (κ1) is 30.0. The Bertz CT molecular complexity index is 1450. The number of para-hydroxylation sites is 1. The predicted octanol–water partition coefficient (Wildman–Crippen LogP) is 4.42. The number of aliphatic hydroxyl groups is 1. The van der Waals surface area contributed by atoms with Gasteiger partial charge in [0.05, 0.1) is 31.0 Å². The van der Waals surface area contributed by atoms with Gasteiger partial charge >= 0.3 is 6.03 Å². The number of rotatable bonds is 9. The number of likely N-dealkylation sites (N-methyl/N-ethyl adjacent to an activating group) is 1. The summed E-state index contributed by atoms with van der Waals surface area (Å²) in [6, 6.07) is 17.1. The summed E-state index contributed by atoms with van der Waals surface area (Å²) < 4.78 is 22.8. The summed E-state index contributed by atoms with van der Waals surface area (Å²) in [7, 11) is 3.58. The van der Waals surface area contributed by atoms with E-state index in [2.05, 4.69) is 15.5 Å². The van der Waals surface area contributed by atoms with Crippen LogP contribution in [0.2, 0.25) is 0 Å². The third kappa shape index (κ3) is 6.95. The highest BCUT2D eigenvalue weighted by Crippen LogP contribution is 2.36. The maximum Gasteiger partial charge on any atom is 0.323 e. The van der Waals surface area contributed by atoms with Crippen LogP contribution in [0.25, 0.3) is 0 Å². The highest BCUT2D eigenvalue weighted by molar-refractivity contribution is 6.04. The van der Waals surface area contributed by atoms with E-state index in [4.69, 9.17) is 18.9 Å². The number of methoxy groups -OCH3 is 1. The topological polar surface area (TPSA) is 122 Å². The van der Waals surface area contributed by atoms with E-state index in [1.807, 2.05) is 39.1 Å². The molecule has 11 heteroatoms. The van der Waals surface area contributed by atoms with Crippen LogP contribution in [0.3, 0.4) is 0 Å². The van der Waals surface area contributed by atoms with Gasteiger partial charge < -0.3 is 39.6 Å². The van der Waals surface area contributed by atoms with Crippen LogP contribution in [-0.2, 0) is 6.54 Å². The van der Waals surface area contributed by atoms with Gasteiger partial charge in [-0.1, -0.05) is 19.1 Å². The maximum absolute atomic E-state index is 13.8. The Hall–Kier alpha value is -4.48. The molecule has 2 heterocycles. The van der Waals surface area contributed by atoms with Crippen LogP contribution in [0.15, 0.2) is 60.7 Å². The highest BCUT2D eigenvalue weighted by Gasteiger charge is 2.34. The Morgan fingerprint density at radius 3 is 2.63 bits per heavy atom. The minimum atomic E-state index is -0.484. The number of ether oxygens (including phenoxy) is 4. The quantitative estimate of drug-likeness (QED) is 0.335. The molecule has 2 aliphatic rings. The summed E-state index contributed by atoms with van der Waals surface area (Å²) in [5.74, 6) is 2.07. The van der Waals surface area contributed by atoms with E-state index >= 15 is 0 Å². The third-order valence-corrected chi connectivity index (χ3v) is 7.67. The van der Waals surface area contributed by atoms with Crippen LogP contribution in [0.4, 0.5) is 16.2 Å². The Morgan fingerprint density at radius 2 is 1.88 bits per heavy atom. The first-order chi connectivity index (χ1) is 20.7. The molecule has 3 atom stereocenters. The number of nitrogens with zero attached hydrogens (tertiary/aromatic N) is 2. The number of hydrogen-bond acceptors (Lipinski definition) is 8. The van der Waals surface area contributed by atoms with Crippen molar-refractivity contribution in [3.63, 3.8) is 0 Å². The molecule has 0 aliphatic carbocycles. The molecule has 0 aromatic heterocycles. The van der Waals surface area contributed by atoms with Crippen LogP contribution < -0.4 is 29.6 Å². The van der Waals surface area contributed by atoms with Crippen molar-refractivity contribution in [2.75, 3.05) is 51.3 Å². The van der Waals surface area contributed by atoms with Crippen molar-refractivity contribution in [1.82, 2.24) is 9.80 Å². The Morgan fingerprint density at radius 1 is 1.12 bits per heavy atom. The lowest BCUT2D eigenvalue weighted by atomic mass is 9.99. The van der Waals surface area contributed by atoms with Gasteiger partial charge in [-0.3, -0.25) is 9.69 Å². The summed E-state index contributed by atoms with van der Waals surface area (Å²) in [4.78, 5) is 30.6. The number of urea groups is 1. The average molecular weight is 591 g/mol. The molecule has 0 radical (unpaired) electrons. The molecule has 3 N–H and O–H groups in total. The van der Waals surface area contributed by atoms with E-state index < -0.39 is 12.1 Å². The van der Waals surface area contributed by atoms with E-state index in [0.29, 0.717) is 48.1 Å². The molecular weight excluding hydrogens is 552 g/mol. The fourth-order valence-electron chi connectivity index (χ4n) is 5.24. The Balaban J connectivity index is 1.39. The van der Waals surface area contributed by atoms with Crippen molar-refractivity contribution < 1.29 is 33.6 Å². The van der Waals surface area contributed by atoms with E-state index in [1.54, 1.807) is 54.5 Å². The summed E-state index contributed by atoms with van der Waals surface area (Å²) in [5, 5.41) is 15.6. The molecule has 0 fully saturated rings. The molecule has 0 saturated carbocycles. The van der Waals surface area contributed by atoms with Crippen LogP contribution in [0.5, 0.6) is 23.0 Å². The zero-order valence-electron chi connectivity index (χ0n) is 24.8. The zero-order valence-corrected chi connectivity index (χ0v) is 24.8. The summed E-state index contributed by atoms with van der Waals surface area (Å²) >= 11 is 0. The Labute approximate surface area is 251 Å². The highest BCUT2D eigenvalue weighted by atomic mass is 16.7. The number of carbonyl (C=O) groups excluding carboxylic acids is 2. The minimum absolute atomic E-state index is 0.0912. The predicted molar refractivity (Wildman–Crippen MR) is 162 cm³/mol. The maximum atomic E-state index is 13.8. The van der Waals surface area contributed by atoms with Crippen molar-refractivity contribution in [2.45, 2.75) is 32.5 Å². The molecule has 11 nitrogen and oxygen atoms in total. The van der Waals surface area contributed by atoms with Crippen molar-refractivity contribution in [3.05, 3.63) is 71.8 Å². The second-order valence-corrected chi connectivity index (χ2v) is 11.0. The lowest BCUT2D eigenvalue weighted by Gasteiger charge is -2.38. The number of benzene rings is 3. The molecule has 0 spiro atoms. The lowest BCUT2D eigenvalue weighted by molar-refractivity contribution is 0.0343. The normalized spacial score (nSPS) is 18.3. The number of fused-ring (bicyclic) bond motifs is 2. The molecule has 228 valence electrons. The molecule has 43 heavy (non-hydrogen) atoms. The number of carbonyl (C=O) groups is 2. The van der Waals surface area contributed by atoms with Gasteiger partial charge in [0, 0.05) is 31.2 Å². The van der Waals surface area contributed by atoms with Gasteiger partial charge in [-0.15, -0.1) is 0 Å². The third-order valence-electron chi connectivity index (χ3n) is 7.67. The van der Waals surface area contributed by atoms with Crippen molar-refractivity contribution in [3.8, 4) is 23.0 Å². The van der Waals surface area contributed by atoms with Gasteiger partial charge in [-0.05, 0) is 68.1 Å². The van der Waals surface area contributed by atoms with Crippen LogP contribution in [0.1, 0.15) is 29.8 Å². The number of nitrogens with one attached hydrogen (secondary N) is 2. The molecular formula is C32H38N4O7. The van der Waals surface area contributed by atoms with Crippen molar-refractivity contribution >= 4 is 23.3 Å². The standard InChI is InChI=1S/C32H38N4O7/c1-20-15-36(21(2)18-37)31(38)25-6-5-7-26(34-32(39)33-23-9-11-24(40-4)12-10-23)30(25)43-29(20)17-35(3)16-22-8-13-27-28(14-22)42-19-41-27/h5-14,20-21,29,37H,15-19H2,1-4H3,(H2,33,34,39)/t20-,21+,29+/m1/s1. The van der Waals surface area contributed by atoms with Gasteiger partial charge in [0.2, 0.25) is 6.79 Å². The van der Waals surface area contributed by atoms with Gasteiger partial charge in [-0.2, -0.15) is 0 Å². The molecule has 2 aliphatic heterocycles. The molecule has 3 amide bonds. The largest absolute Gasteiger partial charge is 0.497 e. The summed E-state index contributed by atoms with van der Waals surface area (Å²) in [6.07, 6.45) is -0.341. The number of hydrogen-bond donors (Lipinski definition) is 3. The smallest absolute Gasteiger partial charge is 0.323 e. The average Bonchev–Trinajstić information content (AvgIpc) is 3.47. The molecule has 0 unspecified atom stereocenters. The molecule has 0 saturated heterocycles. The fraction of sp³-hybridized carbons (Fsp3) is 0.375. The lowest BCUT2D eigenvalue weighted by Crippen LogP contribution is -2.49. The molecule has 3 aromatic carbocycles. The second kappa shape index (κ2) is 13.2. The van der Waals surface area contributed by atoms with Gasteiger partial charge in [0.15, 0.2) is 17.2 Å². The van der Waals surface area contributed by atoms with E-state index in [-0.39, 0.29) is 31.3 Å². The van der Waals surface area contributed by atoms with Gasteiger partial charge in [0.1, 0.15) is 11.9 Å². The molecule has 5 rings (SSSR count). The monoisotopic (exact) mass is 590 g/mol. The van der Waals surface area contributed by atoms with Crippen LogP contribution >= 0.6 is 0 Å². The zero-order chi connectivity index (χ0) is 30.5. The molecule has 0 bridgehead atoms. The summed E-state index contributed by atoms with van der Waals surface area (Å²) in [5.41, 5.74) is 2.33. The first-order valence-electron chi connectivity index (χ1n) is 14.3. The van der Waals surface area contributed by atoms with Crippen molar-refractivity contribution in [2.24, 2.45) is 5.92 Å². The van der Waals surface area contributed by atoms with E-state index in [0.717, 1.165) is 17.1 Å². The minimum Gasteiger partial charge on any atom is -0.497 e. The number of anilines is 2. The first-order valence-corrected chi connectivity index (χ1v) is 14.3. The van der Waals surface area contributed by atoms with E-state index in [9.17, 15) is 14.7 Å². The van der Waals surface area contributed by atoms with Gasteiger partial charge in [-0.25, -0.2) is 4.79 Å². The van der Waals surface area contributed by atoms with Crippen LogP contribution in [0, 0.1) is 5.92 Å². The van der Waals surface area contributed by atoms with E-state index in [1.165, 1.54) is 0 Å². The molecule has 3 aromatic rings. The van der Waals surface area contributed by atoms with Crippen molar-refractivity contribution in [1.29, 1.82) is 0 Å². The second-order valence-electron chi connectivity index (χ2n) is 11.0.